The fourth-order valence-corrected chi connectivity index (χ4v) is 1.93. The summed E-state index contributed by atoms with van der Waals surface area (Å²) in [5.74, 6) is 0. The van der Waals surface area contributed by atoms with Crippen LogP contribution in [0.4, 0.5) is 0 Å². The van der Waals surface area contributed by atoms with E-state index in [0.717, 1.165) is 0 Å². The Bertz CT molecular complexity index is 563. The molecule has 2 rings (SSSR count). The van der Waals surface area contributed by atoms with Crippen molar-refractivity contribution in [2.24, 2.45) is 0 Å². The van der Waals surface area contributed by atoms with E-state index in [-0.39, 0.29) is 5.15 Å². The largest absolute Gasteiger partial charge is 0.255 e. The van der Waals surface area contributed by atoms with Crippen LogP contribution in [0, 0.1) is 11.3 Å². The minimum absolute atomic E-state index is 0.186. The topological polar surface area (TPSA) is 49.6 Å². The zero-order valence-corrected chi connectivity index (χ0v) is 10.3. The lowest BCUT2D eigenvalue weighted by molar-refractivity contribution is 1.22. The molecule has 0 saturated carbocycles. The molecule has 78 valence electrons. The van der Waals surface area contributed by atoms with Crippen molar-refractivity contribution in [1.82, 2.24) is 9.97 Å². The Balaban J connectivity index is 2.60. The van der Waals surface area contributed by atoms with E-state index >= 15 is 0 Å². The van der Waals surface area contributed by atoms with Crippen LogP contribution in [0.2, 0.25) is 5.15 Å². The van der Waals surface area contributed by atoms with Crippen molar-refractivity contribution in [3.8, 4) is 17.5 Å². The summed E-state index contributed by atoms with van der Waals surface area (Å²) < 4.78 is 0.701. The van der Waals surface area contributed by atoms with Gasteiger partial charge in [0.2, 0.25) is 0 Å². The molecular weight excluding hydrogens is 289 g/mol. The molecule has 0 atom stereocenters. The summed E-state index contributed by atoms with van der Waals surface area (Å²) in [7, 11) is 0. The smallest absolute Gasteiger partial charge is 0.147 e. The average molecular weight is 295 g/mol. The van der Waals surface area contributed by atoms with Gasteiger partial charge in [0.25, 0.3) is 0 Å². The van der Waals surface area contributed by atoms with Crippen molar-refractivity contribution in [3.63, 3.8) is 0 Å². The van der Waals surface area contributed by atoms with Gasteiger partial charge in [-0.15, -0.1) is 0 Å². The molecule has 0 unspecified atom stereocenters. The van der Waals surface area contributed by atoms with E-state index in [4.69, 9.17) is 16.9 Å². The number of aromatic nitrogens is 2. The van der Waals surface area contributed by atoms with Gasteiger partial charge in [-0.2, -0.15) is 5.26 Å². The molecule has 0 aromatic carbocycles. The van der Waals surface area contributed by atoms with Gasteiger partial charge in [0.05, 0.1) is 11.3 Å². The molecule has 0 bridgehead atoms. The lowest BCUT2D eigenvalue weighted by Gasteiger charge is -2.04. The zero-order valence-electron chi connectivity index (χ0n) is 7.98. The highest BCUT2D eigenvalue weighted by molar-refractivity contribution is 9.10. The van der Waals surface area contributed by atoms with Crippen LogP contribution in [-0.2, 0) is 0 Å². The second kappa shape index (κ2) is 4.60. The van der Waals surface area contributed by atoms with Gasteiger partial charge in [-0.05, 0) is 34.1 Å². The van der Waals surface area contributed by atoms with Gasteiger partial charge in [-0.3, -0.25) is 4.98 Å². The number of halogens is 2. The monoisotopic (exact) mass is 293 g/mol. The van der Waals surface area contributed by atoms with Crippen LogP contribution in [-0.4, -0.2) is 9.97 Å². The van der Waals surface area contributed by atoms with Crippen LogP contribution in [0.3, 0.4) is 0 Å². The van der Waals surface area contributed by atoms with Gasteiger partial charge in [0.1, 0.15) is 16.9 Å². The Hall–Kier alpha value is -1.44. The summed E-state index contributed by atoms with van der Waals surface area (Å²) in [6, 6.07) is 9.12. The van der Waals surface area contributed by atoms with E-state index in [1.54, 1.807) is 12.3 Å². The number of rotatable bonds is 1. The molecule has 3 nitrogen and oxygen atoms in total. The predicted octanol–water partition coefficient (Wildman–Crippen LogP) is 3.43. The molecule has 2 aromatic rings. The zero-order chi connectivity index (χ0) is 11.5. The van der Waals surface area contributed by atoms with Gasteiger partial charge in [-0.1, -0.05) is 17.7 Å². The van der Waals surface area contributed by atoms with Crippen LogP contribution in [0.5, 0.6) is 0 Å². The highest BCUT2D eigenvalue weighted by atomic mass is 79.9. The van der Waals surface area contributed by atoms with Crippen LogP contribution in [0.25, 0.3) is 11.4 Å². The van der Waals surface area contributed by atoms with Crippen LogP contribution >= 0.6 is 27.5 Å². The highest BCUT2D eigenvalue weighted by Gasteiger charge is 2.10. The number of nitriles is 1. The Kier molecular flexibility index (Phi) is 3.18. The van der Waals surface area contributed by atoms with Crippen LogP contribution in [0.15, 0.2) is 34.9 Å². The number of hydrogen-bond acceptors (Lipinski definition) is 3. The van der Waals surface area contributed by atoms with E-state index in [0.29, 0.717) is 21.4 Å². The fraction of sp³-hybridized carbons (Fsp3) is 0. The molecule has 0 radical (unpaired) electrons. The van der Waals surface area contributed by atoms with Crippen molar-refractivity contribution in [1.29, 1.82) is 5.26 Å². The number of nitrogens with zero attached hydrogens (tertiary/aromatic N) is 3. The quantitative estimate of drug-likeness (QED) is 0.757. The standard InChI is InChI=1S/C11H5BrClN3/c12-8-5-7(6-14)11(13)16-10(8)9-3-1-2-4-15-9/h1-5H. The van der Waals surface area contributed by atoms with Gasteiger partial charge in [-0.25, -0.2) is 4.98 Å². The molecule has 0 fully saturated rings. The Morgan fingerprint density at radius 2 is 2.19 bits per heavy atom. The third kappa shape index (κ3) is 2.06. The summed E-state index contributed by atoms with van der Waals surface area (Å²) in [4.78, 5) is 8.32. The van der Waals surface area contributed by atoms with Gasteiger partial charge in [0, 0.05) is 10.7 Å². The normalized spacial score (nSPS) is 9.81. The predicted molar refractivity (Wildman–Crippen MR) is 64.9 cm³/mol. The maximum absolute atomic E-state index is 8.79. The minimum Gasteiger partial charge on any atom is -0.255 e. The molecule has 0 saturated heterocycles. The fourth-order valence-electron chi connectivity index (χ4n) is 1.23. The molecule has 0 aliphatic rings. The number of pyridine rings is 2. The Morgan fingerprint density at radius 3 is 2.81 bits per heavy atom. The maximum Gasteiger partial charge on any atom is 0.147 e. The lowest BCUT2D eigenvalue weighted by atomic mass is 10.2. The molecule has 2 aromatic heterocycles. The summed E-state index contributed by atoms with van der Waals surface area (Å²) in [5.41, 5.74) is 1.68. The molecule has 0 N–H and O–H groups in total. The average Bonchev–Trinajstić information content (AvgIpc) is 2.32. The molecule has 0 aliphatic heterocycles. The lowest BCUT2D eigenvalue weighted by Crippen LogP contribution is -1.91. The third-order valence-corrected chi connectivity index (χ3v) is 2.85. The van der Waals surface area contributed by atoms with Gasteiger partial charge >= 0.3 is 0 Å². The van der Waals surface area contributed by atoms with Crippen molar-refractivity contribution in [2.75, 3.05) is 0 Å². The van der Waals surface area contributed by atoms with Gasteiger partial charge < -0.3 is 0 Å². The summed E-state index contributed by atoms with van der Waals surface area (Å²) in [5, 5.41) is 8.98. The second-order valence-electron chi connectivity index (χ2n) is 2.98. The first-order valence-corrected chi connectivity index (χ1v) is 5.57. The number of hydrogen-bond donors (Lipinski definition) is 0. The molecule has 0 aliphatic carbocycles. The van der Waals surface area contributed by atoms with E-state index in [9.17, 15) is 0 Å². The first-order valence-electron chi connectivity index (χ1n) is 4.40. The molecule has 2 heterocycles. The summed E-state index contributed by atoms with van der Waals surface area (Å²) >= 11 is 9.22. The molecule has 5 heteroatoms. The van der Waals surface area contributed by atoms with E-state index in [1.165, 1.54) is 0 Å². The molecule has 16 heavy (non-hydrogen) atoms. The second-order valence-corrected chi connectivity index (χ2v) is 4.20. The van der Waals surface area contributed by atoms with E-state index < -0.39 is 0 Å². The first-order chi connectivity index (χ1) is 7.72. The molecule has 0 amide bonds. The maximum atomic E-state index is 8.79. The Labute approximate surface area is 106 Å². The highest BCUT2D eigenvalue weighted by Crippen LogP contribution is 2.28. The van der Waals surface area contributed by atoms with Gasteiger partial charge in [0.15, 0.2) is 0 Å². The van der Waals surface area contributed by atoms with Crippen molar-refractivity contribution < 1.29 is 0 Å². The summed E-state index contributed by atoms with van der Waals surface area (Å²) in [6.45, 7) is 0. The Morgan fingerprint density at radius 1 is 1.38 bits per heavy atom. The molecule has 0 spiro atoms. The van der Waals surface area contributed by atoms with Crippen molar-refractivity contribution >= 4 is 27.5 Å². The third-order valence-electron chi connectivity index (χ3n) is 1.96. The minimum atomic E-state index is 0.186. The molecular formula is C11H5BrClN3. The van der Waals surface area contributed by atoms with Crippen LogP contribution < -0.4 is 0 Å². The van der Waals surface area contributed by atoms with E-state index in [2.05, 4.69) is 25.9 Å². The van der Waals surface area contributed by atoms with E-state index in [1.807, 2.05) is 24.3 Å². The SMILES string of the molecule is N#Cc1cc(Br)c(-c2ccccn2)nc1Cl. The summed E-state index contributed by atoms with van der Waals surface area (Å²) in [6.07, 6.45) is 1.68. The van der Waals surface area contributed by atoms with Crippen molar-refractivity contribution in [2.45, 2.75) is 0 Å². The first kappa shape index (κ1) is 11.1. The van der Waals surface area contributed by atoms with Crippen LogP contribution in [0.1, 0.15) is 5.56 Å². The van der Waals surface area contributed by atoms with Crippen molar-refractivity contribution in [3.05, 3.63) is 45.7 Å².